The number of hydrogen-bond donors (Lipinski definition) is 0. The highest BCUT2D eigenvalue weighted by atomic mass is 35.5. The van der Waals surface area contributed by atoms with E-state index in [1.54, 1.807) is 16.2 Å². The lowest BCUT2D eigenvalue weighted by Gasteiger charge is -2.44. The first-order valence-electron chi connectivity index (χ1n) is 10.5. The van der Waals surface area contributed by atoms with E-state index >= 15 is 0 Å². The number of carbonyl (C=O) groups is 1. The maximum absolute atomic E-state index is 12.9. The maximum atomic E-state index is 12.9. The third-order valence-electron chi connectivity index (χ3n) is 6.30. The SMILES string of the molecule is CN(C)C(=O)[C@@H](Cc1ccccc1Cl)CN1CCC2(CC1)OCCc1cc(Cl)sc12. The molecule has 2 aromatic rings. The standard InChI is InChI=1S/C23H28Cl2N2O2S/c1-26(2)22(28)18(13-16-5-3-4-6-19(16)24)15-27-10-8-23(9-11-27)21-17(7-12-29-23)14-20(25)30-21/h3-6,14,18H,7-13,15H2,1-2H3/t18-/m0/s1. The predicted molar refractivity (Wildman–Crippen MR) is 124 cm³/mol. The molecule has 0 N–H and O–H groups in total. The Balaban J connectivity index is 1.45. The molecule has 2 aliphatic rings. The molecule has 3 heterocycles. The highest BCUT2D eigenvalue weighted by Crippen LogP contribution is 2.46. The molecule has 7 heteroatoms. The minimum atomic E-state index is -0.203. The molecule has 0 radical (unpaired) electrons. The molecule has 1 spiro atoms. The molecule has 4 nitrogen and oxygen atoms in total. The average Bonchev–Trinajstić information content (AvgIpc) is 3.12. The largest absolute Gasteiger partial charge is 0.369 e. The number of thiophene rings is 1. The van der Waals surface area contributed by atoms with Crippen molar-refractivity contribution in [3.8, 4) is 0 Å². The van der Waals surface area contributed by atoms with Gasteiger partial charge in [0.1, 0.15) is 5.60 Å². The summed E-state index contributed by atoms with van der Waals surface area (Å²) in [6.07, 6.45) is 3.47. The van der Waals surface area contributed by atoms with Crippen LogP contribution in [-0.2, 0) is 28.0 Å². The van der Waals surface area contributed by atoms with Gasteiger partial charge in [-0.15, -0.1) is 11.3 Å². The van der Waals surface area contributed by atoms with Crippen LogP contribution in [0.1, 0.15) is 28.8 Å². The van der Waals surface area contributed by atoms with Gasteiger partial charge in [0.2, 0.25) is 5.91 Å². The van der Waals surface area contributed by atoms with Gasteiger partial charge in [0.25, 0.3) is 0 Å². The van der Waals surface area contributed by atoms with Crippen molar-refractivity contribution < 1.29 is 9.53 Å². The van der Waals surface area contributed by atoms with Gasteiger partial charge in [-0.05, 0) is 48.9 Å². The van der Waals surface area contributed by atoms with Gasteiger partial charge in [0.15, 0.2) is 0 Å². The molecule has 0 saturated carbocycles. The Kier molecular flexibility index (Phi) is 6.76. The van der Waals surface area contributed by atoms with Gasteiger partial charge >= 0.3 is 0 Å². The van der Waals surface area contributed by atoms with Crippen molar-refractivity contribution in [3.05, 3.63) is 55.7 Å². The molecule has 1 aromatic heterocycles. The summed E-state index contributed by atoms with van der Waals surface area (Å²) in [4.78, 5) is 18.3. The molecular weight excluding hydrogens is 439 g/mol. The summed E-state index contributed by atoms with van der Waals surface area (Å²) in [5, 5.41) is 0.726. The molecule has 30 heavy (non-hydrogen) atoms. The van der Waals surface area contributed by atoms with E-state index in [2.05, 4.69) is 11.0 Å². The van der Waals surface area contributed by atoms with Crippen LogP contribution in [0.3, 0.4) is 0 Å². The van der Waals surface area contributed by atoms with E-state index < -0.39 is 0 Å². The second kappa shape index (κ2) is 9.17. The first kappa shape index (κ1) is 22.1. The number of fused-ring (bicyclic) bond motifs is 2. The molecule has 0 aliphatic carbocycles. The smallest absolute Gasteiger partial charge is 0.226 e. The number of benzene rings is 1. The Hall–Kier alpha value is -1.11. The molecular formula is C23H28Cl2N2O2S. The summed E-state index contributed by atoms with van der Waals surface area (Å²) in [5.74, 6) is 0.0319. The first-order valence-corrected chi connectivity index (χ1v) is 12.0. The second-order valence-electron chi connectivity index (χ2n) is 8.52. The number of hydrogen-bond acceptors (Lipinski definition) is 4. The van der Waals surface area contributed by atoms with Gasteiger partial charge in [0.05, 0.1) is 16.9 Å². The van der Waals surface area contributed by atoms with Crippen molar-refractivity contribution in [1.29, 1.82) is 0 Å². The fourth-order valence-corrected chi connectivity index (χ4v) is 6.41. The number of likely N-dealkylation sites (tertiary alicyclic amines) is 1. The van der Waals surface area contributed by atoms with Crippen LogP contribution in [-0.4, -0.2) is 56.0 Å². The van der Waals surface area contributed by atoms with Gasteiger partial charge < -0.3 is 14.5 Å². The second-order valence-corrected chi connectivity index (χ2v) is 10.6. The lowest BCUT2D eigenvalue weighted by Crippen LogP contribution is -2.48. The molecule has 1 atom stereocenters. The summed E-state index contributed by atoms with van der Waals surface area (Å²) in [7, 11) is 3.65. The van der Waals surface area contributed by atoms with Crippen LogP contribution in [0.5, 0.6) is 0 Å². The number of ether oxygens (including phenoxy) is 1. The summed E-state index contributed by atoms with van der Waals surface area (Å²) in [5.41, 5.74) is 2.18. The highest BCUT2D eigenvalue weighted by molar-refractivity contribution is 7.16. The number of carbonyl (C=O) groups excluding carboxylic acids is 1. The Morgan fingerprint density at radius 1 is 1.27 bits per heavy atom. The molecule has 2 aliphatic heterocycles. The van der Waals surface area contributed by atoms with Gasteiger partial charge in [-0.25, -0.2) is 0 Å². The molecule has 1 amide bonds. The van der Waals surface area contributed by atoms with Crippen molar-refractivity contribution in [2.45, 2.75) is 31.3 Å². The lowest BCUT2D eigenvalue weighted by atomic mass is 9.85. The minimum Gasteiger partial charge on any atom is -0.369 e. The van der Waals surface area contributed by atoms with E-state index in [0.717, 1.165) is 60.4 Å². The Morgan fingerprint density at radius 3 is 2.70 bits per heavy atom. The van der Waals surface area contributed by atoms with Crippen molar-refractivity contribution in [3.63, 3.8) is 0 Å². The lowest BCUT2D eigenvalue weighted by molar-refractivity contribution is -0.134. The number of nitrogens with zero attached hydrogens (tertiary/aromatic N) is 2. The van der Waals surface area contributed by atoms with Gasteiger partial charge in [-0.3, -0.25) is 4.79 Å². The van der Waals surface area contributed by atoms with Crippen molar-refractivity contribution >= 4 is 40.4 Å². The zero-order chi connectivity index (χ0) is 21.3. The van der Waals surface area contributed by atoms with E-state index in [-0.39, 0.29) is 17.4 Å². The predicted octanol–water partition coefficient (Wildman–Crippen LogP) is 4.87. The normalized spacial score (nSPS) is 19.5. The minimum absolute atomic E-state index is 0.118. The Morgan fingerprint density at radius 2 is 2.00 bits per heavy atom. The first-order chi connectivity index (χ1) is 14.4. The molecule has 1 aromatic carbocycles. The van der Waals surface area contributed by atoms with E-state index in [1.165, 1.54) is 10.4 Å². The van der Waals surface area contributed by atoms with Crippen LogP contribution in [0.4, 0.5) is 0 Å². The van der Waals surface area contributed by atoms with E-state index in [0.29, 0.717) is 6.42 Å². The van der Waals surface area contributed by atoms with Crippen LogP contribution >= 0.6 is 34.5 Å². The third-order valence-corrected chi connectivity index (χ3v) is 8.16. The zero-order valence-electron chi connectivity index (χ0n) is 17.5. The fraction of sp³-hybridized carbons (Fsp3) is 0.522. The molecule has 0 unspecified atom stereocenters. The molecule has 1 saturated heterocycles. The highest BCUT2D eigenvalue weighted by Gasteiger charge is 2.42. The van der Waals surface area contributed by atoms with Crippen LogP contribution in [0.25, 0.3) is 0 Å². The number of amides is 1. The molecule has 0 bridgehead atoms. The monoisotopic (exact) mass is 466 g/mol. The number of halogens is 2. The number of piperidine rings is 1. The van der Waals surface area contributed by atoms with Gasteiger partial charge in [0, 0.05) is 43.6 Å². The van der Waals surface area contributed by atoms with Crippen molar-refractivity contribution in [1.82, 2.24) is 9.80 Å². The van der Waals surface area contributed by atoms with Gasteiger partial charge in [-0.2, -0.15) is 0 Å². The summed E-state index contributed by atoms with van der Waals surface area (Å²) in [6.45, 7) is 3.31. The zero-order valence-corrected chi connectivity index (χ0v) is 19.8. The topological polar surface area (TPSA) is 32.8 Å². The fourth-order valence-electron chi connectivity index (χ4n) is 4.69. The molecule has 1 fully saturated rings. The quantitative estimate of drug-likeness (QED) is 0.630. The van der Waals surface area contributed by atoms with E-state index in [4.69, 9.17) is 27.9 Å². The Bertz CT molecular complexity index is 906. The summed E-state index contributed by atoms with van der Waals surface area (Å²) in [6, 6.07) is 9.92. The average molecular weight is 467 g/mol. The molecule has 4 rings (SSSR count). The molecule has 162 valence electrons. The number of rotatable bonds is 5. The maximum Gasteiger partial charge on any atom is 0.226 e. The van der Waals surface area contributed by atoms with Crippen LogP contribution < -0.4 is 0 Å². The van der Waals surface area contributed by atoms with Crippen LogP contribution in [0.15, 0.2) is 30.3 Å². The van der Waals surface area contributed by atoms with Crippen LogP contribution in [0, 0.1) is 5.92 Å². The van der Waals surface area contributed by atoms with Crippen molar-refractivity contribution in [2.24, 2.45) is 5.92 Å². The van der Waals surface area contributed by atoms with E-state index in [1.807, 2.05) is 38.4 Å². The third kappa shape index (κ3) is 4.56. The van der Waals surface area contributed by atoms with E-state index in [9.17, 15) is 4.79 Å². The Labute approximate surface area is 192 Å². The summed E-state index contributed by atoms with van der Waals surface area (Å²) < 4.78 is 7.18. The van der Waals surface area contributed by atoms with Crippen LogP contribution in [0.2, 0.25) is 9.36 Å². The van der Waals surface area contributed by atoms with Gasteiger partial charge in [-0.1, -0.05) is 41.4 Å². The van der Waals surface area contributed by atoms with Crippen molar-refractivity contribution in [2.75, 3.05) is 40.3 Å². The summed E-state index contributed by atoms with van der Waals surface area (Å²) >= 11 is 14.4.